The van der Waals surface area contributed by atoms with Gasteiger partial charge in [0.05, 0.1) is 17.8 Å². The summed E-state index contributed by atoms with van der Waals surface area (Å²) in [5.74, 6) is -0.366. The first-order chi connectivity index (χ1) is 11.5. The molecule has 0 radical (unpaired) electrons. The topological polar surface area (TPSA) is 66.8 Å². The number of aromatic carboxylic acids is 1. The van der Waals surface area contributed by atoms with Gasteiger partial charge in [0.15, 0.2) is 6.10 Å². The van der Waals surface area contributed by atoms with E-state index in [4.69, 9.17) is 9.84 Å². The Labute approximate surface area is 140 Å². The third-order valence-electron chi connectivity index (χ3n) is 4.18. The lowest BCUT2D eigenvalue weighted by atomic mass is 10.1. The second-order valence-electron chi connectivity index (χ2n) is 5.84. The van der Waals surface area contributed by atoms with Gasteiger partial charge in [0.2, 0.25) is 0 Å². The van der Waals surface area contributed by atoms with E-state index in [2.05, 4.69) is 6.92 Å². The van der Waals surface area contributed by atoms with Gasteiger partial charge in [0.25, 0.3) is 5.91 Å². The van der Waals surface area contributed by atoms with E-state index in [0.29, 0.717) is 12.3 Å². The first-order valence-electron chi connectivity index (χ1n) is 7.92. The van der Waals surface area contributed by atoms with Crippen molar-refractivity contribution < 1.29 is 19.4 Å². The van der Waals surface area contributed by atoms with Crippen molar-refractivity contribution >= 4 is 17.6 Å². The van der Waals surface area contributed by atoms with Crippen LogP contribution in [0.1, 0.15) is 35.3 Å². The maximum absolute atomic E-state index is 12.6. The molecule has 0 saturated carbocycles. The second-order valence-corrected chi connectivity index (χ2v) is 5.84. The van der Waals surface area contributed by atoms with Crippen LogP contribution >= 0.6 is 0 Å². The molecule has 5 heteroatoms. The molecule has 0 spiro atoms. The van der Waals surface area contributed by atoms with Gasteiger partial charge in [0, 0.05) is 0 Å². The summed E-state index contributed by atoms with van der Waals surface area (Å²) in [7, 11) is 0. The molecular formula is C19H19NO4. The fourth-order valence-electron chi connectivity index (χ4n) is 2.77. The maximum Gasteiger partial charge on any atom is 0.335 e. The summed E-state index contributed by atoms with van der Waals surface area (Å²) in [5.41, 5.74) is 3.00. The molecule has 24 heavy (non-hydrogen) atoms. The molecule has 0 fully saturated rings. The Morgan fingerprint density at radius 2 is 1.83 bits per heavy atom. The quantitative estimate of drug-likeness (QED) is 0.937. The van der Waals surface area contributed by atoms with Gasteiger partial charge in [0.1, 0.15) is 5.75 Å². The van der Waals surface area contributed by atoms with Crippen molar-refractivity contribution in [2.75, 3.05) is 4.90 Å². The van der Waals surface area contributed by atoms with Gasteiger partial charge in [-0.3, -0.25) is 4.79 Å². The lowest BCUT2D eigenvalue weighted by molar-refractivity contribution is -0.125. The lowest BCUT2D eigenvalue weighted by Gasteiger charge is -2.33. The Hall–Kier alpha value is -2.82. The first kappa shape index (κ1) is 16.1. The number of hydrogen-bond donors (Lipinski definition) is 1. The summed E-state index contributed by atoms with van der Waals surface area (Å²) in [4.78, 5) is 25.2. The first-order valence-corrected chi connectivity index (χ1v) is 7.92. The molecule has 1 atom stereocenters. The van der Waals surface area contributed by atoms with Crippen LogP contribution in [-0.2, 0) is 17.8 Å². The number of ether oxygens (including phenoxy) is 1. The SMILES string of the molecule is CCc1ccc2c(c1)N(Cc1ccc(C(=O)O)cc1)C(=O)C(C)O2. The highest BCUT2D eigenvalue weighted by atomic mass is 16.5. The number of hydrogen-bond acceptors (Lipinski definition) is 3. The molecule has 2 aromatic rings. The Kier molecular flexibility index (Phi) is 4.25. The Bertz CT molecular complexity index is 782. The molecule has 1 amide bonds. The fourth-order valence-corrected chi connectivity index (χ4v) is 2.77. The van der Waals surface area contributed by atoms with Gasteiger partial charge >= 0.3 is 5.97 Å². The molecule has 1 N–H and O–H groups in total. The monoisotopic (exact) mass is 325 g/mol. The van der Waals surface area contributed by atoms with Crippen LogP contribution in [0.5, 0.6) is 5.75 Å². The smallest absolute Gasteiger partial charge is 0.335 e. The van der Waals surface area contributed by atoms with Crippen molar-refractivity contribution in [2.24, 2.45) is 0 Å². The fraction of sp³-hybridized carbons (Fsp3) is 0.263. The van der Waals surface area contributed by atoms with E-state index in [9.17, 15) is 9.59 Å². The predicted octanol–water partition coefficient (Wildman–Crippen LogP) is 3.26. The zero-order valence-corrected chi connectivity index (χ0v) is 13.7. The summed E-state index contributed by atoms with van der Waals surface area (Å²) in [6.07, 6.45) is 0.335. The zero-order valence-electron chi connectivity index (χ0n) is 13.7. The molecule has 5 nitrogen and oxygen atoms in total. The van der Waals surface area contributed by atoms with Gasteiger partial charge in [-0.25, -0.2) is 4.79 Å². The zero-order chi connectivity index (χ0) is 17.3. The predicted molar refractivity (Wildman–Crippen MR) is 90.5 cm³/mol. The highest BCUT2D eigenvalue weighted by Crippen LogP contribution is 2.36. The molecule has 1 aliphatic heterocycles. The number of benzene rings is 2. The summed E-state index contributed by atoms with van der Waals surface area (Å²) >= 11 is 0. The summed E-state index contributed by atoms with van der Waals surface area (Å²) in [6, 6.07) is 12.5. The minimum absolute atomic E-state index is 0.0990. The van der Waals surface area contributed by atoms with Crippen molar-refractivity contribution in [1.29, 1.82) is 0 Å². The van der Waals surface area contributed by atoms with E-state index in [0.717, 1.165) is 23.2 Å². The summed E-state index contributed by atoms with van der Waals surface area (Å²) < 4.78 is 5.69. The van der Waals surface area contributed by atoms with Crippen LogP contribution in [0.2, 0.25) is 0 Å². The van der Waals surface area contributed by atoms with E-state index in [-0.39, 0.29) is 11.5 Å². The molecule has 1 heterocycles. The van der Waals surface area contributed by atoms with Crippen LogP contribution < -0.4 is 9.64 Å². The number of rotatable bonds is 4. The van der Waals surface area contributed by atoms with Crippen molar-refractivity contribution in [2.45, 2.75) is 32.9 Å². The number of anilines is 1. The average Bonchev–Trinajstić information content (AvgIpc) is 2.59. The van der Waals surface area contributed by atoms with Crippen LogP contribution in [-0.4, -0.2) is 23.1 Å². The van der Waals surface area contributed by atoms with Crippen molar-refractivity contribution in [3.05, 3.63) is 59.2 Å². The number of aryl methyl sites for hydroxylation is 1. The number of carboxylic acid groups (broad SMARTS) is 1. The molecule has 0 aliphatic carbocycles. The molecule has 0 bridgehead atoms. The highest BCUT2D eigenvalue weighted by Gasteiger charge is 2.31. The molecule has 1 unspecified atom stereocenters. The Morgan fingerprint density at radius 3 is 2.46 bits per heavy atom. The molecular weight excluding hydrogens is 306 g/mol. The number of carbonyl (C=O) groups is 2. The Balaban J connectivity index is 1.94. The minimum atomic E-state index is -0.962. The van der Waals surface area contributed by atoms with Crippen molar-refractivity contribution in [1.82, 2.24) is 0 Å². The third-order valence-corrected chi connectivity index (χ3v) is 4.18. The van der Waals surface area contributed by atoms with Crippen LogP contribution in [0.15, 0.2) is 42.5 Å². The largest absolute Gasteiger partial charge is 0.479 e. The number of nitrogens with zero attached hydrogens (tertiary/aromatic N) is 1. The maximum atomic E-state index is 12.6. The molecule has 2 aromatic carbocycles. The van der Waals surface area contributed by atoms with Crippen molar-refractivity contribution in [3.63, 3.8) is 0 Å². The van der Waals surface area contributed by atoms with E-state index in [1.807, 2.05) is 18.2 Å². The van der Waals surface area contributed by atoms with Gasteiger partial charge in [-0.15, -0.1) is 0 Å². The van der Waals surface area contributed by atoms with E-state index >= 15 is 0 Å². The summed E-state index contributed by atoms with van der Waals surface area (Å²) in [6.45, 7) is 4.18. The number of carboxylic acids is 1. The molecule has 1 aliphatic rings. The number of amides is 1. The minimum Gasteiger partial charge on any atom is -0.479 e. The number of carbonyl (C=O) groups excluding carboxylic acids is 1. The molecule has 3 rings (SSSR count). The molecule has 0 aromatic heterocycles. The average molecular weight is 325 g/mol. The van der Waals surface area contributed by atoms with Gasteiger partial charge in [-0.1, -0.05) is 25.1 Å². The van der Waals surface area contributed by atoms with E-state index in [1.54, 1.807) is 36.1 Å². The van der Waals surface area contributed by atoms with Crippen LogP contribution in [0.25, 0.3) is 0 Å². The molecule has 124 valence electrons. The van der Waals surface area contributed by atoms with Crippen molar-refractivity contribution in [3.8, 4) is 5.75 Å². The van der Waals surface area contributed by atoms with Crippen LogP contribution in [0.3, 0.4) is 0 Å². The summed E-state index contributed by atoms with van der Waals surface area (Å²) in [5, 5.41) is 8.98. The van der Waals surface area contributed by atoms with E-state index in [1.165, 1.54) is 0 Å². The van der Waals surface area contributed by atoms with Gasteiger partial charge in [-0.2, -0.15) is 0 Å². The molecule has 0 saturated heterocycles. The lowest BCUT2D eigenvalue weighted by Crippen LogP contribution is -2.44. The highest BCUT2D eigenvalue weighted by molar-refractivity contribution is 5.99. The van der Waals surface area contributed by atoms with E-state index < -0.39 is 12.1 Å². The standard InChI is InChI=1S/C19H19NO4/c1-3-13-6-9-17-16(10-13)20(18(21)12(2)24-17)11-14-4-7-15(8-5-14)19(22)23/h4-10,12H,3,11H2,1-2H3,(H,22,23). The van der Waals surface area contributed by atoms with Crippen LogP contribution in [0.4, 0.5) is 5.69 Å². The second kappa shape index (κ2) is 6.35. The van der Waals surface area contributed by atoms with Gasteiger partial charge < -0.3 is 14.7 Å². The van der Waals surface area contributed by atoms with Crippen LogP contribution in [0, 0.1) is 0 Å². The normalized spacial score (nSPS) is 16.5. The number of fused-ring (bicyclic) bond motifs is 1. The Morgan fingerprint density at radius 1 is 1.17 bits per heavy atom. The third kappa shape index (κ3) is 2.97. The van der Waals surface area contributed by atoms with Gasteiger partial charge in [-0.05, 0) is 48.7 Å².